The number of benzene rings is 3. The maximum absolute atomic E-state index is 14.8. The number of carbonyl (C=O) groups is 1. The fourth-order valence-electron chi connectivity index (χ4n) is 10.2. The van der Waals surface area contributed by atoms with Crippen molar-refractivity contribution >= 4 is 40.1 Å². The Morgan fingerprint density at radius 1 is 0.966 bits per heavy atom. The van der Waals surface area contributed by atoms with Gasteiger partial charge < -0.3 is 24.3 Å². The van der Waals surface area contributed by atoms with Gasteiger partial charge in [-0.1, -0.05) is 53.5 Å². The van der Waals surface area contributed by atoms with Gasteiger partial charge in [0.15, 0.2) is 0 Å². The molecule has 0 bridgehead atoms. The standard InChI is InChI=1S/C44H41Cl2F3N4O5/c1-56-41-24(19-52-21-43(22-52)14-12-37(55)51-43)17-33(45)42(50-41)58-35-11-9-27-26(4-2-5-28(27)35)30-6-3-7-31(39(30)46)36-18-23-16-32-29(38(40(23)57-36)44(47,48)49)8-10-34(32)53-15-13-25(54)20-53/h2-7,16-18,25,34-35,54H,8-15,19-22H2,1H3,(H,51,55)/t25-,34-,35+/m1/s1. The average Bonchev–Trinajstić information content (AvgIpc) is 4.02. The second kappa shape index (κ2) is 14.2. The lowest BCUT2D eigenvalue weighted by Gasteiger charge is -2.48. The SMILES string of the molecule is COc1nc(O[C@H]2CCc3c(-c4cccc(-c5cc6cc7c(c(C(F)(F)F)c6o5)CC[C@H]7N5CC[C@@H](O)C5)c4Cl)cccc32)c(Cl)cc1CN1CC2(CCC(=O)N2)C1. The number of nitrogens with zero attached hydrogens (tertiary/aromatic N) is 3. The van der Waals surface area contributed by atoms with Gasteiger partial charge in [0.1, 0.15) is 28.0 Å². The first-order valence-corrected chi connectivity index (χ1v) is 20.6. The van der Waals surface area contributed by atoms with Crippen molar-refractivity contribution in [3.05, 3.63) is 98.0 Å². The summed E-state index contributed by atoms with van der Waals surface area (Å²) in [5.41, 5.74) is 4.87. The number of methoxy groups -OCH3 is 1. The third-order valence-electron chi connectivity index (χ3n) is 12.8. The van der Waals surface area contributed by atoms with Crippen LogP contribution in [0, 0.1) is 0 Å². The largest absolute Gasteiger partial charge is 0.481 e. The molecule has 0 radical (unpaired) electrons. The number of carbonyl (C=O) groups excluding carboxylic acids is 1. The van der Waals surface area contributed by atoms with E-state index in [2.05, 4.69) is 20.1 Å². The van der Waals surface area contributed by atoms with Gasteiger partial charge >= 0.3 is 6.18 Å². The topological polar surface area (TPSA) is 100 Å². The molecule has 1 amide bonds. The number of furan rings is 1. The molecule has 1 spiro atoms. The monoisotopic (exact) mass is 832 g/mol. The summed E-state index contributed by atoms with van der Waals surface area (Å²) in [6.07, 6.45) is -1.19. The summed E-state index contributed by atoms with van der Waals surface area (Å²) in [6.45, 7) is 3.20. The maximum atomic E-state index is 14.8. The number of ether oxygens (including phenoxy) is 2. The minimum absolute atomic E-state index is 0.103. The molecule has 302 valence electrons. The highest BCUT2D eigenvalue weighted by Crippen LogP contribution is 2.50. The van der Waals surface area contributed by atoms with Crippen LogP contribution in [0.3, 0.4) is 0 Å². The van der Waals surface area contributed by atoms with Crippen LogP contribution in [0.5, 0.6) is 11.8 Å². The van der Waals surface area contributed by atoms with Crippen LogP contribution in [0.4, 0.5) is 13.2 Å². The average molecular weight is 834 g/mol. The number of fused-ring (bicyclic) bond motifs is 3. The van der Waals surface area contributed by atoms with E-state index in [4.69, 9.17) is 37.1 Å². The number of aliphatic hydroxyl groups is 1. The molecule has 3 aromatic carbocycles. The van der Waals surface area contributed by atoms with E-state index in [9.17, 15) is 23.1 Å². The minimum atomic E-state index is -4.62. The molecule has 2 aromatic heterocycles. The third-order valence-corrected chi connectivity index (χ3v) is 13.5. The van der Waals surface area contributed by atoms with Crippen LogP contribution in [0.2, 0.25) is 10.0 Å². The van der Waals surface area contributed by atoms with E-state index in [0.717, 1.165) is 47.3 Å². The molecule has 9 nitrogen and oxygen atoms in total. The summed E-state index contributed by atoms with van der Waals surface area (Å²) in [4.78, 5) is 20.8. The Morgan fingerprint density at radius 3 is 2.48 bits per heavy atom. The third kappa shape index (κ3) is 6.43. The van der Waals surface area contributed by atoms with E-state index in [-0.39, 0.29) is 52.8 Å². The number of aliphatic hydroxyl groups excluding tert-OH is 1. The van der Waals surface area contributed by atoms with Gasteiger partial charge in [0, 0.05) is 67.3 Å². The Bertz CT molecular complexity index is 2480. The highest BCUT2D eigenvalue weighted by atomic mass is 35.5. The lowest BCUT2D eigenvalue weighted by Crippen LogP contribution is -2.66. The Morgan fingerprint density at radius 2 is 1.74 bits per heavy atom. The zero-order valence-electron chi connectivity index (χ0n) is 31.7. The molecule has 10 rings (SSSR count). The molecule has 2 N–H and O–H groups in total. The predicted octanol–water partition coefficient (Wildman–Crippen LogP) is 9.08. The summed E-state index contributed by atoms with van der Waals surface area (Å²) < 4.78 is 62.8. The molecule has 3 atom stereocenters. The molecular formula is C44H41Cl2F3N4O5. The van der Waals surface area contributed by atoms with Crippen LogP contribution >= 0.6 is 23.2 Å². The second-order valence-electron chi connectivity index (χ2n) is 16.4. The van der Waals surface area contributed by atoms with E-state index < -0.39 is 17.8 Å². The van der Waals surface area contributed by atoms with Crippen molar-refractivity contribution in [1.29, 1.82) is 0 Å². The van der Waals surface area contributed by atoms with Crippen LogP contribution in [0.1, 0.15) is 77.6 Å². The van der Waals surface area contributed by atoms with Crippen molar-refractivity contribution < 1.29 is 37.0 Å². The van der Waals surface area contributed by atoms with Crippen LogP contribution in [0.25, 0.3) is 33.4 Å². The number of rotatable bonds is 8. The molecule has 5 aliphatic rings. The summed E-state index contributed by atoms with van der Waals surface area (Å²) in [7, 11) is 1.57. The van der Waals surface area contributed by atoms with E-state index >= 15 is 0 Å². The minimum Gasteiger partial charge on any atom is -0.481 e. The van der Waals surface area contributed by atoms with Gasteiger partial charge in [-0.2, -0.15) is 18.2 Å². The first-order chi connectivity index (χ1) is 27.9. The summed E-state index contributed by atoms with van der Waals surface area (Å²) in [5, 5.41) is 14.4. The molecule has 5 heterocycles. The molecule has 2 aliphatic carbocycles. The number of nitrogens with one attached hydrogen (secondary N) is 1. The van der Waals surface area contributed by atoms with Gasteiger partial charge in [0.05, 0.1) is 23.8 Å². The molecule has 0 unspecified atom stereocenters. The van der Waals surface area contributed by atoms with Crippen molar-refractivity contribution in [3.8, 4) is 34.2 Å². The number of hydrogen-bond donors (Lipinski definition) is 2. The van der Waals surface area contributed by atoms with Gasteiger partial charge in [-0.05, 0) is 90.6 Å². The Labute approximate surface area is 343 Å². The van der Waals surface area contributed by atoms with Gasteiger partial charge in [-0.3, -0.25) is 14.6 Å². The summed E-state index contributed by atoms with van der Waals surface area (Å²) in [6, 6.07) is 16.6. The summed E-state index contributed by atoms with van der Waals surface area (Å²) in [5.74, 6) is 1.06. The number of hydrogen-bond acceptors (Lipinski definition) is 8. The van der Waals surface area contributed by atoms with Gasteiger partial charge in [0.2, 0.25) is 17.7 Å². The second-order valence-corrected chi connectivity index (χ2v) is 17.2. The number of amides is 1. The highest BCUT2D eigenvalue weighted by molar-refractivity contribution is 6.36. The van der Waals surface area contributed by atoms with E-state index in [1.807, 2.05) is 42.5 Å². The van der Waals surface area contributed by atoms with Crippen LogP contribution < -0.4 is 14.8 Å². The molecule has 3 saturated heterocycles. The Balaban J connectivity index is 0.926. The fraction of sp³-hybridized carbons (Fsp3) is 0.409. The Kier molecular flexibility index (Phi) is 9.25. The van der Waals surface area contributed by atoms with Gasteiger partial charge in [-0.25, -0.2) is 0 Å². The number of pyridine rings is 1. The molecule has 3 aliphatic heterocycles. The number of aromatic nitrogens is 1. The quantitative estimate of drug-likeness (QED) is 0.160. The number of halogens is 5. The van der Waals surface area contributed by atoms with Crippen LogP contribution in [0.15, 0.2) is 59.0 Å². The van der Waals surface area contributed by atoms with E-state index in [1.54, 1.807) is 19.2 Å². The van der Waals surface area contributed by atoms with E-state index in [0.29, 0.717) is 84.2 Å². The lowest BCUT2D eigenvalue weighted by molar-refractivity contribution is -0.137. The molecular weight excluding hydrogens is 792 g/mol. The number of alkyl halides is 3. The molecule has 0 saturated carbocycles. The van der Waals surface area contributed by atoms with Crippen molar-refractivity contribution in [3.63, 3.8) is 0 Å². The predicted molar refractivity (Wildman–Crippen MR) is 213 cm³/mol. The van der Waals surface area contributed by atoms with E-state index in [1.165, 1.54) is 0 Å². The summed E-state index contributed by atoms with van der Waals surface area (Å²) >= 11 is 14.0. The Hall–Kier alpha value is -4.33. The normalized spacial score (nSPS) is 22.7. The van der Waals surface area contributed by atoms with Gasteiger partial charge in [0.25, 0.3) is 0 Å². The maximum Gasteiger partial charge on any atom is 0.420 e. The van der Waals surface area contributed by atoms with Gasteiger partial charge in [-0.15, -0.1) is 0 Å². The van der Waals surface area contributed by atoms with Crippen molar-refractivity contribution in [2.24, 2.45) is 0 Å². The van der Waals surface area contributed by atoms with Crippen LogP contribution in [-0.2, 0) is 30.4 Å². The lowest BCUT2D eigenvalue weighted by atomic mass is 9.88. The zero-order valence-corrected chi connectivity index (χ0v) is 33.2. The highest BCUT2D eigenvalue weighted by Gasteiger charge is 2.48. The first-order valence-electron chi connectivity index (χ1n) is 19.8. The molecule has 3 fully saturated rings. The number of β-amino-alcohol motifs (C(OH)–C–C–N with tert-alkyl or cyclic N) is 1. The molecule has 58 heavy (non-hydrogen) atoms. The smallest absolute Gasteiger partial charge is 0.420 e. The molecule has 14 heteroatoms. The van der Waals surface area contributed by atoms with Crippen molar-refractivity contribution in [1.82, 2.24) is 20.1 Å². The van der Waals surface area contributed by atoms with Crippen LogP contribution in [-0.4, -0.2) is 70.7 Å². The first kappa shape index (κ1) is 37.9. The fourth-order valence-corrected chi connectivity index (χ4v) is 10.7. The number of likely N-dealkylation sites (tertiary alicyclic amines) is 2. The zero-order chi connectivity index (χ0) is 40.1. The molecule has 5 aromatic rings. The van der Waals surface area contributed by atoms with Crippen molar-refractivity contribution in [2.75, 3.05) is 33.3 Å². The van der Waals surface area contributed by atoms with Crippen molar-refractivity contribution in [2.45, 2.75) is 81.5 Å².